The molecule has 0 unspecified atom stereocenters. The first-order chi connectivity index (χ1) is 18.5. The molecule has 4 aromatic rings. The van der Waals surface area contributed by atoms with Gasteiger partial charge in [-0.1, -0.05) is 102 Å². The van der Waals surface area contributed by atoms with Crippen LogP contribution in [0.5, 0.6) is 0 Å². The van der Waals surface area contributed by atoms with Gasteiger partial charge in [0.1, 0.15) is 10.1 Å². The number of rotatable bonds is 9. The largest absolute Gasteiger partial charge is 0.301 e. The lowest BCUT2D eigenvalue weighted by molar-refractivity contribution is -0.122. The maximum Gasteiger partial charge on any atom is 0.266 e. The lowest BCUT2D eigenvalue weighted by Gasteiger charge is -2.13. The van der Waals surface area contributed by atoms with Crippen LogP contribution >= 0.6 is 47.1 Å². The highest BCUT2D eigenvalue weighted by atomic mass is 32.2. The summed E-state index contributed by atoms with van der Waals surface area (Å²) in [5, 5.41) is 13.9. The molecule has 0 saturated carbocycles. The van der Waals surface area contributed by atoms with Crippen LogP contribution in [0.15, 0.2) is 76.0 Å². The smallest absolute Gasteiger partial charge is 0.266 e. The number of fused-ring (bicyclic) bond motifs is 1. The van der Waals surface area contributed by atoms with E-state index in [1.807, 2.05) is 18.2 Å². The Morgan fingerprint density at radius 1 is 1.08 bits per heavy atom. The van der Waals surface area contributed by atoms with E-state index in [2.05, 4.69) is 39.8 Å². The molecule has 1 aromatic heterocycles. The van der Waals surface area contributed by atoms with E-state index in [0.717, 1.165) is 15.7 Å². The van der Waals surface area contributed by atoms with Crippen molar-refractivity contribution in [2.75, 3.05) is 11.9 Å². The van der Waals surface area contributed by atoms with Gasteiger partial charge >= 0.3 is 0 Å². The van der Waals surface area contributed by atoms with Gasteiger partial charge in [0.2, 0.25) is 11.0 Å². The highest BCUT2D eigenvalue weighted by Crippen LogP contribution is 2.33. The number of nitrogens with zero attached hydrogens (tertiary/aromatic N) is 3. The molecule has 3 aromatic carbocycles. The van der Waals surface area contributed by atoms with Crippen molar-refractivity contribution in [1.82, 2.24) is 15.1 Å². The second-order valence-corrected chi connectivity index (χ2v) is 12.2. The van der Waals surface area contributed by atoms with E-state index >= 15 is 0 Å². The number of hydrogen-bond acceptors (Lipinski definition) is 8. The second-order valence-electron chi connectivity index (χ2n) is 8.34. The van der Waals surface area contributed by atoms with E-state index in [-0.39, 0.29) is 24.1 Å². The Balaban J connectivity index is 1.09. The number of amides is 2. The van der Waals surface area contributed by atoms with Crippen LogP contribution in [-0.2, 0) is 15.3 Å². The summed E-state index contributed by atoms with van der Waals surface area (Å²) in [5.41, 5.74) is 1.94. The SMILES string of the molecule is O=C(CCCN1C(=O)/C(=C/c2ccc(F)cc2)SC1=S)Nc1nnc(SCc2cccc3ccccc23)s1. The molecule has 192 valence electrons. The molecule has 1 fully saturated rings. The van der Waals surface area contributed by atoms with Crippen molar-refractivity contribution in [2.24, 2.45) is 0 Å². The molecule has 11 heteroatoms. The lowest BCUT2D eigenvalue weighted by Crippen LogP contribution is -2.29. The topological polar surface area (TPSA) is 75.2 Å². The zero-order valence-corrected chi connectivity index (χ0v) is 23.2. The van der Waals surface area contributed by atoms with Crippen LogP contribution in [0, 0.1) is 5.82 Å². The van der Waals surface area contributed by atoms with Gasteiger partial charge in [-0.05, 0) is 46.5 Å². The van der Waals surface area contributed by atoms with Crippen molar-refractivity contribution < 1.29 is 14.0 Å². The number of aromatic nitrogens is 2. The van der Waals surface area contributed by atoms with Crippen molar-refractivity contribution in [3.8, 4) is 0 Å². The number of thiocarbonyl (C=S) groups is 1. The number of nitrogens with one attached hydrogen (secondary N) is 1. The number of carbonyl (C=O) groups excluding carboxylic acids is 2. The fourth-order valence-electron chi connectivity index (χ4n) is 3.86. The summed E-state index contributed by atoms with van der Waals surface area (Å²) in [6.45, 7) is 0.334. The highest BCUT2D eigenvalue weighted by Gasteiger charge is 2.31. The van der Waals surface area contributed by atoms with Crippen molar-refractivity contribution in [3.05, 3.63) is 88.6 Å². The summed E-state index contributed by atoms with van der Waals surface area (Å²) in [6, 6.07) is 20.4. The molecule has 0 atom stereocenters. The Kier molecular flexibility index (Phi) is 8.48. The normalized spacial score (nSPS) is 14.6. The summed E-state index contributed by atoms with van der Waals surface area (Å²) in [4.78, 5) is 27.2. The summed E-state index contributed by atoms with van der Waals surface area (Å²) >= 11 is 9.47. The first-order valence-corrected chi connectivity index (χ1v) is 14.7. The Labute approximate surface area is 236 Å². The third-order valence-electron chi connectivity index (χ3n) is 5.71. The van der Waals surface area contributed by atoms with Gasteiger partial charge < -0.3 is 5.32 Å². The molecule has 1 saturated heterocycles. The minimum absolute atomic E-state index is 0.195. The predicted octanol–water partition coefficient (Wildman–Crippen LogP) is 6.74. The highest BCUT2D eigenvalue weighted by molar-refractivity contribution is 8.26. The van der Waals surface area contributed by atoms with E-state index in [9.17, 15) is 14.0 Å². The van der Waals surface area contributed by atoms with Gasteiger partial charge in [0.15, 0.2) is 4.34 Å². The third-order valence-corrected chi connectivity index (χ3v) is 9.11. The zero-order chi connectivity index (χ0) is 26.5. The van der Waals surface area contributed by atoms with Gasteiger partial charge in [-0.15, -0.1) is 10.2 Å². The summed E-state index contributed by atoms with van der Waals surface area (Å²) < 4.78 is 14.3. The summed E-state index contributed by atoms with van der Waals surface area (Å²) in [6.07, 6.45) is 2.35. The molecule has 6 nitrogen and oxygen atoms in total. The standard InChI is InChI=1S/C27H21FN4O2S4/c28-20-12-10-17(11-13-20)15-22-24(34)32(27(35)37-22)14-4-9-23(33)29-25-30-31-26(38-25)36-16-19-7-3-6-18-5-1-2-8-21(18)19/h1-3,5-8,10-13,15H,4,9,14,16H2,(H,29,30,33)/b22-15-. The minimum Gasteiger partial charge on any atom is -0.301 e. The van der Waals surface area contributed by atoms with Crippen LogP contribution in [0.25, 0.3) is 16.8 Å². The van der Waals surface area contributed by atoms with E-state index < -0.39 is 0 Å². The van der Waals surface area contributed by atoms with Crippen LogP contribution in [-0.4, -0.2) is 37.8 Å². The van der Waals surface area contributed by atoms with Crippen LogP contribution in [0.4, 0.5) is 9.52 Å². The average molecular weight is 581 g/mol. The maximum atomic E-state index is 13.1. The number of halogens is 1. The number of hydrogen-bond donors (Lipinski definition) is 1. The third kappa shape index (κ3) is 6.47. The molecule has 0 bridgehead atoms. The van der Waals surface area contributed by atoms with Crippen LogP contribution in [0.2, 0.25) is 0 Å². The predicted molar refractivity (Wildman–Crippen MR) is 158 cm³/mol. The molecule has 0 spiro atoms. The number of thioether (sulfide) groups is 2. The fraction of sp³-hybridized carbons (Fsp3) is 0.148. The van der Waals surface area contributed by atoms with Crippen molar-refractivity contribution in [2.45, 2.75) is 22.9 Å². The van der Waals surface area contributed by atoms with Crippen LogP contribution < -0.4 is 5.32 Å². The number of carbonyl (C=O) groups is 2. The molecule has 1 aliphatic rings. The van der Waals surface area contributed by atoms with E-state index in [4.69, 9.17) is 12.2 Å². The Hall–Kier alpha value is -3.12. The molecule has 0 aliphatic carbocycles. The maximum absolute atomic E-state index is 13.1. The van der Waals surface area contributed by atoms with Crippen LogP contribution in [0.3, 0.4) is 0 Å². The average Bonchev–Trinajstić information content (AvgIpc) is 3.47. The molecule has 2 heterocycles. The molecule has 0 radical (unpaired) electrons. The van der Waals surface area contributed by atoms with Gasteiger partial charge in [0.05, 0.1) is 4.91 Å². The minimum atomic E-state index is -0.336. The fourth-order valence-corrected chi connectivity index (χ4v) is 6.94. The van der Waals surface area contributed by atoms with E-state index in [1.165, 1.54) is 56.5 Å². The van der Waals surface area contributed by atoms with E-state index in [0.29, 0.717) is 27.3 Å². The Morgan fingerprint density at radius 3 is 2.71 bits per heavy atom. The van der Waals surface area contributed by atoms with Gasteiger partial charge in [-0.2, -0.15) is 0 Å². The molecule has 1 N–H and O–H groups in total. The van der Waals surface area contributed by atoms with Gasteiger partial charge in [0, 0.05) is 18.7 Å². The van der Waals surface area contributed by atoms with Crippen molar-refractivity contribution >= 4 is 85.2 Å². The zero-order valence-electron chi connectivity index (χ0n) is 19.9. The Bertz CT molecular complexity index is 1530. The molecule has 38 heavy (non-hydrogen) atoms. The lowest BCUT2D eigenvalue weighted by atomic mass is 10.1. The number of anilines is 1. The molecule has 1 aliphatic heterocycles. The summed E-state index contributed by atoms with van der Waals surface area (Å²) in [5.74, 6) is 0.0155. The monoisotopic (exact) mass is 580 g/mol. The molecule has 2 amide bonds. The van der Waals surface area contributed by atoms with Gasteiger partial charge in [0.25, 0.3) is 5.91 Å². The van der Waals surface area contributed by atoms with Crippen molar-refractivity contribution in [1.29, 1.82) is 0 Å². The first kappa shape index (κ1) is 26.5. The summed E-state index contributed by atoms with van der Waals surface area (Å²) in [7, 11) is 0. The van der Waals surface area contributed by atoms with E-state index in [1.54, 1.807) is 30.0 Å². The number of benzene rings is 3. The molecule has 5 rings (SSSR count). The van der Waals surface area contributed by atoms with Crippen LogP contribution in [0.1, 0.15) is 24.0 Å². The van der Waals surface area contributed by atoms with Gasteiger partial charge in [-0.25, -0.2) is 4.39 Å². The quantitative estimate of drug-likeness (QED) is 0.102. The molecular formula is C27H21FN4O2S4. The van der Waals surface area contributed by atoms with Crippen molar-refractivity contribution in [3.63, 3.8) is 0 Å². The molecular weight excluding hydrogens is 560 g/mol. The second kappa shape index (κ2) is 12.2. The van der Waals surface area contributed by atoms with Gasteiger partial charge in [-0.3, -0.25) is 14.5 Å². The Morgan fingerprint density at radius 2 is 1.87 bits per heavy atom. The first-order valence-electron chi connectivity index (χ1n) is 11.7.